The van der Waals surface area contributed by atoms with Gasteiger partial charge in [-0.3, -0.25) is 4.79 Å². The van der Waals surface area contributed by atoms with Crippen LogP contribution in [0.4, 0.5) is 5.82 Å². The van der Waals surface area contributed by atoms with E-state index in [1.165, 1.54) is 12.3 Å². The number of anilines is 1. The molecule has 0 aliphatic heterocycles. The minimum absolute atomic E-state index is 0.218. The first-order valence-corrected chi connectivity index (χ1v) is 6.21. The number of nitriles is 1. The first kappa shape index (κ1) is 15.3. The lowest BCUT2D eigenvalue weighted by atomic mass is 10.2. The summed E-state index contributed by atoms with van der Waals surface area (Å²) in [6.07, 6.45) is 1.64. The summed E-state index contributed by atoms with van der Waals surface area (Å²) in [6, 6.07) is 3.46. The number of hydrogen-bond acceptors (Lipinski definition) is 5. The van der Waals surface area contributed by atoms with Gasteiger partial charge in [-0.15, -0.1) is 0 Å². The highest BCUT2D eigenvalue weighted by Gasteiger charge is 2.15. The number of aromatic nitrogens is 1. The van der Waals surface area contributed by atoms with Crippen LogP contribution in [0.3, 0.4) is 0 Å². The van der Waals surface area contributed by atoms with E-state index >= 15 is 0 Å². The van der Waals surface area contributed by atoms with Gasteiger partial charge in [0.05, 0.1) is 17.0 Å². The maximum Gasteiger partial charge on any atom is 0.308 e. The molecule has 1 rings (SSSR count). The number of esters is 1. The summed E-state index contributed by atoms with van der Waals surface area (Å²) >= 11 is 5.94. The fourth-order valence-electron chi connectivity index (χ4n) is 1.30. The molecule has 102 valence electrons. The van der Waals surface area contributed by atoms with Crippen LogP contribution >= 0.6 is 11.6 Å². The number of ether oxygens (including phenoxy) is 1. The summed E-state index contributed by atoms with van der Waals surface area (Å²) in [7, 11) is 0. The molecule has 0 fully saturated rings. The quantitative estimate of drug-likeness (QED) is 0.859. The molecular weight excluding hydrogens is 266 g/mol. The topological polar surface area (TPSA) is 75.0 Å². The fourth-order valence-corrected chi connectivity index (χ4v) is 1.54. The Morgan fingerprint density at radius 1 is 1.58 bits per heavy atom. The van der Waals surface area contributed by atoms with Crippen LogP contribution in [0, 0.1) is 11.3 Å². The lowest BCUT2D eigenvalue weighted by molar-refractivity contribution is -0.154. The molecule has 0 atom stereocenters. The molecule has 1 aromatic heterocycles. The van der Waals surface area contributed by atoms with E-state index in [0.29, 0.717) is 22.9 Å². The van der Waals surface area contributed by atoms with Crippen LogP contribution in [0.2, 0.25) is 5.02 Å². The number of nitrogens with one attached hydrogen (secondary N) is 1. The van der Waals surface area contributed by atoms with Gasteiger partial charge in [-0.1, -0.05) is 11.6 Å². The van der Waals surface area contributed by atoms with Crippen LogP contribution in [0.25, 0.3) is 0 Å². The van der Waals surface area contributed by atoms with Gasteiger partial charge in [-0.05, 0) is 26.8 Å². The molecule has 0 unspecified atom stereocenters. The molecular formula is C13H16ClN3O2. The summed E-state index contributed by atoms with van der Waals surface area (Å²) in [5, 5.41) is 12.0. The van der Waals surface area contributed by atoms with Crippen molar-refractivity contribution in [3.63, 3.8) is 0 Å². The van der Waals surface area contributed by atoms with E-state index < -0.39 is 5.60 Å². The zero-order valence-electron chi connectivity index (χ0n) is 11.2. The summed E-state index contributed by atoms with van der Waals surface area (Å²) < 4.78 is 5.17. The molecule has 0 amide bonds. The SMILES string of the molecule is CC(C)(C)OC(=O)CCNc1ncc(C#N)cc1Cl. The molecule has 0 saturated heterocycles. The summed E-state index contributed by atoms with van der Waals surface area (Å²) in [6.45, 7) is 5.82. The number of carbonyl (C=O) groups excluding carboxylic acids is 1. The van der Waals surface area contributed by atoms with Crippen LogP contribution in [0.15, 0.2) is 12.3 Å². The maximum atomic E-state index is 11.5. The lowest BCUT2D eigenvalue weighted by Gasteiger charge is -2.19. The number of nitrogens with zero attached hydrogens (tertiary/aromatic N) is 2. The minimum Gasteiger partial charge on any atom is -0.460 e. The van der Waals surface area contributed by atoms with Gasteiger partial charge in [0.15, 0.2) is 0 Å². The molecule has 0 saturated carbocycles. The van der Waals surface area contributed by atoms with Crippen LogP contribution in [0.1, 0.15) is 32.8 Å². The normalized spacial score (nSPS) is 10.7. The number of pyridine rings is 1. The van der Waals surface area contributed by atoms with Gasteiger partial charge in [0, 0.05) is 12.7 Å². The van der Waals surface area contributed by atoms with Gasteiger partial charge in [-0.25, -0.2) is 4.98 Å². The second-order valence-electron chi connectivity index (χ2n) is 4.93. The van der Waals surface area contributed by atoms with E-state index in [0.717, 1.165) is 0 Å². The molecule has 5 nitrogen and oxygen atoms in total. The van der Waals surface area contributed by atoms with Gasteiger partial charge in [0.1, 0.15) is 17.5 Å². The van der Waals surface area contributed by atoms with Gasteiger partial charge in [-0.2, -0.15) is 5.26 Å². The Morgan fingerprint density at radius 2 is 2.26 bits per heavy atom. The van der Waals surface area contributed by atoms with Crippen molar-refractivity contribution in [1.29, 1.82) is 5.26 Å². The molecule has 0 aliphatic rings. The van der Waals surface area contributed by atoms with Gasteiger partial charge in [0.2, 0.25) is 0 Å². The van der Waals surface area contributed by atoms with Crippen molar-refractivity contribution < 1.29 is 9.53 Å². The Labute approximate surface area is 117 Å². The third kappa shape index (κ3) is 5.58. The fraction of sp³-hybridized carbons (Fsp3) is 0.462. The van der Waals surface area contributed by atoms with Crippen molar-refractivity contribution in [1.82, 2.24) is 4.98 Å². The number of rotatable bonds is 4. The van der Waals surface area contributed by atoms with Gasteiger partial charge >= 0.3 is 5.97 Å². The second-order valence-corrected chi connectivity index (χ2v) is 5.34. The van der Waals surface area contributed by atoms with Crippen molar-refractivity contribution in [2.24, 2.45) is 0 Å². The predicted octanol–water partition coefficient (Wildman–Crippen LogP) is 2.75. The Balaban J connectivity index is 2.46. The molecule has 19 heavy (non-hydrogen) atoms. The monoisotopic (exact) mass is 281 g/mol. The minimum atomic E-state index is -0.485. The average Bonchev–Trinajstić information content (AvgIpc) is 2.28. The molecule has 1 aromatic rings. The van der Waals surface area contributed by atoms with E-state index in [1.54, 1.807) is 0 Å². The maximum absolute atomic E-state index is 11.5. The second kappa shape index (κ2) is 6.39. The molecule has 0 aromatic carbocycles. The van der Waals surface area contributed by atoms with Crippen LogP contribution in [0.5, 0.6) is 0 Å². The van der Waals surface area contributed by atoms with Crippen LogP contribution in [-0.4, -0.2) is 23.1 Å². The lowest BCUT2D eigenvalue weighted by Crippen LogP contribution is -2.25. The average molecular weight is 282 g/mol. The highest BCUT2D eigenvalue weighted by atomic mass is 35.5. The van der Waals surface area contributed by atoms with Crippen molar-refractivity contribution in [3.05, 3.63) is 22.8 Å². The van der Waals surface area contributed by atoms with Crippen LogP contribution < -0.4 is 5.32 Å². The van der Waals surface area contributed by atoms with E-state index in [1.807, 2.05) is 26.8 Å². The first-order chi connectivity index (χ1) is 8.81. The van der Waals surface area contributed by atoms with E-state index in [2.05, 4.69) is 10.3 Å². The Hall–Kier alpha value is -1.80. The molecule has 6 heteroatoms. The number of hydrogen-bond donors (Lipinski definition) is 1. The summed E-state index contributed by atoms with van der Waals surface area (Å²) in [5.74, 6) is 0.161. The molecule has 1 heterocycles. The first-order valence-electron chi connectivity index (χ1n) is 5.83. The zero-order chi connectivity index (χ0) is 14.5. The predicted molar refractivity (Wildman–Crippen MR) is 72.9 cm³/mol. The third-order valence-corrected chi connectivity index (χ3v) is 2.30. The molecule has 0 bridgehead atoms. The van der Waals surface area contributed by atoms with Crippen LogP contribution in [-0.2, 0) is 9.53 Å². The third-order valence-electron chi connectivity index (χ3n) is 2.01. The standard InChI is InChI=1S/C13H16ClN3O2/c1-13(2,3)19-11(18)4-5-16-12-10(14)6-9(7-15)8-17-12/h6,8H,4-5H2,1-3H3,(H,16,17). The Kier molecular flexibility index (Phi) is 5.13. The zero-order valence-corrected chi connectivity index (χ0v) is 11.9. The van der Waals surface area contributed by atoms with E-state index in [4.69, 9.17) is 21.6 Å². The highest BCUT2D eigenvalue weighted by Crippen LogP contribution is 2.19. The van der Waals surface area contributed by atoms with Gasteiger partial charge < -0.3 is 10.1 Å². The summed E-state index contributed by atoms with van der Waals surface area (Å²) in [4.78, 5) is 15.5. The molecule has 0 radical (unpaired) electrons. The van der Waals surface area contributed by atoms with E-state index in [9.17, 15) is 4.79 Å². The van der Waals surface area contributed by atoms with Crippen molar-refractivity contribution in [3.8, 4) is 6.07 Å². The van der Waals surface area contributed by atoms with Crippen molar-refractivity contribution >= 4 is 23.4 Å². The van der Waals surface area contributed by atoms with Gasteiger partial charge in [0.25, 0.3) is 0 Å². The largest absolute Gasteiger partial charge is 0.460 e. The molecule has 0 aliphatic carbocycles. The van der Waals surface area contributed by atoms with Crippen molar-refractivity contribution in [2.75, 3.05) is 11.9 Å². The smallest absolute Gasteiger partial charge is 0.308 e. The number of halogens is 1. The molecule has 1 N–H and O–H groups in total. The summed E-state index contributed by atoms with van der Waals surface area (Å²) in [5.41, 5.74) is -0.0933. The Bertz CT molecular complexity index is 504. The molecule has 0 spiro atoms. The highest BCUT2D eigenvalue weighted by molar-refractivity contribution is 6.33. The van der Waals surface area contributed by atoms with Crippen molar-refractivity contribution in [2.45, 2.75) is 32.8 Å². The van der Waals surface area contributed by atoms with E-state index in [-0.39, 0.29) is 12.4 Å². The number of carbonyl (C=O) groups is 1. The Morgan fingerprint density at radius 3 is 2.79 bits per heavy atom.